The molecule has 2 aliphatic rings. The topological polar surface area (TPSA) is 57.2 Å². The van der Waals surface area contributed by atoms with Gasteiger partial charge < -0.3 is 16.7 Å². The van der Waals surface area contributed by atoms with E-state index in [0.29, 0.717) is 0 Å². The number of allylic oxidation sites excluding steroid dienone is 8. The molecular weight excluding hydrogens is 444 g/mol. The maximum absolute atomic E-state index is 10.7. The fourth-order valence-electron chi connectivity index (χ4n) is 1.57. The molecule has 0 atom stereocenters. The Labute approximate surface area is 161 Å². The summed E-state index contributed by atoms with van der Waals surface area (Å²) in [6.45, 7) is 0. The molecule has 25 heavy (non-hydrogen) atoms. The van der Waals surface area contributed by atoms with Crippen molar-refractivity contribution in [2.24, 2.45) is 0 Å². The predicted octanol–water partition coefficient (Wildman–Crippen LogP) is 5.00. The molecule has 0 saturated heterocycles. The van der Waals surface area contributed by atoms with Crippen LogP contribution >= 0.6 is 0 Å². The van der Waals surface area contributed by atoms with Crippen molar-refractivity contribution in [2.75, 3.05) is 0 Å². The van der Waals surface area contributed by atoms with Crippen LogP contribution in [-0.4, -0.2) is 18.5 Å². The van der Waals surface area contributed by atoms with Crippen molar-refractivity contribution in [1.29, 1.82) is 0 Å². The Morgan fingerprint density at radius 3 is 1.40 bits per heavy atom. The van der Waals surface area contributed by atoms with E-state index in [0.717, 1.165) is 12.8 Å². The predicted molar refractivity (Wildman–Crippen MR) is 86.6 cm³/mol. The van der Waals surface area contributed by atoms with Crippen molar-refractivity contribution >= 4 is 10.1 Å². The Kier molecular flexibility index (Phi) is 16.5. The Balaban J connectivity index is 0. The van der Waals surface area contributed by atoms with E-state index in [1.54, 1.807) is 0 Å². The zero-order chi connectivity index (χ0) is 18.3. The van der Waals surface area contributed by atoms with Crippen LogP contribution in [0.4, 0.5) is 13.2 Å². The fourth-order valence-corrected chi connectivity index (χ4v) is 1.57. The second kappa shape index (κ2) is 15.5. The van der Waals surface area contributed by atoms with E-state index in [4.69, 9.17) is 13.0 Å². The first-order valence-corrected chi connectivity index (χ1v) is 9.08. The van der Waals surface area contributed by atoms with Crippen molar-refractivity contribution in [1.82, 2.24) is 0 Å². The SMILES string of the molecule is O=S(=O)([O-])C(F)(F)F.[C-]1=CCCC=CCC1.[C-]1=CCCC=CCC1.[Rh+3]. The van der Waals surface area contributed by atoms with Gasteiger partial charge in [0.05, 0.1) is 0 Å². The zero-order valence-corrected chi connectivity index (χ0v) is 16.2. The smallest absolute Gasteiger partial charge is 0.741 e. The van der Waals surface area contributed by atoms with Crippen LogP contribution in [0.5, 0.6) is 0 Å². The molecular formula is C17H22F3O3RhS. The van der Waals surface area contributed by atoms with E-state index in [1.807, 2.05) is 0 Å². The summed E-state index contributed by atoms with van der Waals surface area (Å²) in [7, 11) is -6.09. The van der Waals surface area contributed by atoms with Crippen molar-refractivity contribution in [3.05, 3.63) is 48.6 Å². The van der Waals surface area contributed by atoms with E-state index < -0.39 is 15.6 Å². The molecule has 8 heteroatoms. The van der Waals surface area contributed by atoms with Crippen molar-refractivity contribution < 1.29 is 45.6 Å². The summed E-state index contributed by atoms with van der Waals surface area (Å²) in [6.07, 6.45) is 29.0. The van der Waals surface area contributed by atoms with Crippen LogP contribution in [0.2, 0.25) is 0 Å². The summed E-state index contributed by atoms with van der Waals surface area (Å²) in [6, 6.07) is 0. The van der Waals surface area contributed by atoms with Gasteiger partial charge in [-0.2, -0.15) is 26.0 Å². The van der Waals surface area contributed by atoms with Gasteiger partial charge in [0.2, 0.25) is 0 Å². The van der Waals surface area contributed by atoms with E-state index in [-0.39, 0.29) is 19.5 Å². The van der Waals surface area contributed by atoms with Gasteiger partial charge in [-0.15, -0.1) is 0 Å². The molecule has 0 unspecified atom stereocenters. The van der Waals surface area contributed by atoms with Crippen LogP contribution in [-0.2, 0) is 29.6 Å². The largest absolute Gasteiger partial charge is 3.00 e. The van der Waals surface area contributed by atoms with E-state index in [9.17, 15) is 13.2 Å². The van der Waals surface area contributed by atoms with Crippen molar-refractivity contribution in [3.8, 4) is 0 Å². The van der Waals surface area contributed by atoms with Crippen LogP contribution in [0.3, 0.4) is 0 Å². The van der Waals surface area contributed by atoms with Gasteiger partial charge in [0.15, 0.2) is 10.1 Å². The van der Waals surface area contributed by atoms with Gasteiger partial charge in [0.1, 0.15) is 0 Å². The first-order chi connectivity index (χ1) is 11.2. The van der Waals surface area contributed by atoms with Crippen LogP contribution in [0.15, 0.2) is 36.5 Å². The second-order valence-electron chi connectivity index (χ2n) is 4.89. The molecule has 0 saturated carbocycles. The van der Waals surface area contributed by atoms with E-state index >= 15 is 0 Å². The van der Waals surface area contributed by atoms with Gasteiger partial charge in [0.25, 0.3) is 0 Å². The Bertz CT molecular complexity index is 456. The summed E-state index contributed by atoms with van der Waals surface area (Å²) in [5.74, 6) is 0. The third kappa shape index (κ3) is 17.9. The molecule has 0 fully saturated rings. The minimum Gasteiger partial charge on any atom is -0.741 e. The Hall–Kier alpha value is -0.717. The zero-order valence-electron chi connectivity index (χ0n) is 13.7. The van der Waals surface area contributed by atoms with Gasteiger partial charge in [-0.1, -0.05) is 50.0 Å². The molecule has 0 aromatic carbocycles. The summed E-state index contributed by atoms with van der Waals surface area (Å²) < 4.78 is 58.9. The number of halogens is 3. The molecule has 3 nitrogen and oxygen atoms in total. The number of alkyl halides is 3. The van der Waals surface area contributed by atoms with Crippen LogP contribution in [0.25, 0.3) is 0 Å². The van der Waals surface area contributed by atoms with Gasteiger partial charge in [-0.05, 0) is 12.8 Å². The van der Waals surface area contributed by atoms with Crippen molar-refractivity contribution in [2.45, 2.75) is 56.9 Å². The first-order valence-electron chi connectivity index (χ1n) is 7.67. The Morgan fingerprint density at radius 2 is 1.08 bits per heavy atom. The van der Waals surface area contributed by atoms with Crippen LogP contribution < -0.4 is 0 Å². The normalized spacial score (nSPS) is 17.3. The van der Waals surface area contributed by atoms with Gasteiger partial charge >= 0.3 is 25.0 Å². The second-order valence-corrected chi connectivity index (χ2v) is 6.26. The summed E-state index contributed by atoms with van der Waals surface area (Å²) in [5.41, 5.74) is -5.65. The molecule has 0 aromatic heterocycles. The minimum atomic E-state index is -6.09. The van der Waals surface area contributed by atoms with E-state index in [1.165, 1.54) is 38.5 Å². The standard InChI is InChI=1S/2C8H11.CHF3O3S.Rh/c2*1-2-4-6-8-7-5-3-1;2-1(3,4)8(5,6)7;/h2*1-2,7H,3-6H2;(H,5,6,7);/q2*-1;;+3/p-1. The molecule has 144 valence electrons. The Morgan fingerprint density at radius 1 is 0.760 bits per heavy atom. The molecule has 0 aromatic rings. The third-order valence-electron chi connectivity index (χ3n) is 2.77. The number of hydrogen-bond donors (Lipinski definition) is 0. The van der Waals surface area contributed by atoms with Gasteiger partial charge in [-0.3, -0.25) is 12.2 Å². The molecule has 2 rings (SSSR count). The number of hydrogen-bond acceptors (Lipinski definition) is 3. The fraction of sp³-hybridized carbons (Fsp3) is 0.529. The quantitative estimate of drug-likeness (QED) is 0.166. The summed E-state index contributed by atoms with van der Waals surface area (Å²) >= 11 is 0. The summed E-state index contributed by atoms with van der Waals surface area (Å²) in [4.78, 5) is 0. The average Bonchev–Trinajstić information content (AvgIpc) is 2.35. The average molecular weight is 466 g/mol. The van der Waals surface area contributed by atoms with E-state index in [2.05, 4.69) is 48.6 Å². The summed E-state index contributed by atoms with van der Waals surface area (Å²) in [5, 5.41) is 0. The molecule has 0 N–H and O–H groups in total. The molecule has 0 amide bonds. The molecule has 0 radical (unpaired) electrons. The third-order valence-corrected chi connectivity index (χ3v) is 3.34. The molecule has 0 heterocycles. The van der Waals surface area contributed by atoms with Gasteiger partial charge in [-0.25, -0.2) is 8.42 Å². The maximum Gasteiger partial charge on any atom is 3.00 e. The number of rotatable bonds is 0. The van der Waals surface area contributed by atoms with Gasteiger partial charge in [0, 0.05) is 0 Å². The van der Waals surface area contributed by atoms with Crippen molar-refractivity contribution in [3.63, 3.8) is 0 Å². The van der Waals surface area contributed by atoms with Crippen LogP contribution in [0.1, 0.15) is 51.4 Å². The van der Waals surface area contributed by atoms with Crippen LogP contribution in [0, 0.1) is 12.2 Å². The molecule has 0 aliphatic heterocycles. The molecule has 0 bridgehead atoms. The monoisotopic (exact) mass is 466 g/mol. The maximum atomic E-state index is 10.7. The first kappa shape index (κ1) is 26.5. The minimum absolute atomic E-state index is 0. The molecule has 2 aliphatic carbocycles. The molecule has 0 spiro atoms.